The van der Waals surface area contributed by atoms with Crippen LogP contribution in [0, 0.1) is 0 Å². The van der Waals surface area contributed by atoms with E-state index in [-0.39, 0.29) is 12.5 Å². The van der Waals surface area contributed by atoms with E-state index in [1.54, 1.807) is 0 Å². The van der Waals surface area contributed by atoms with E-state index in [4.69, 9.17) is 14.2 Å². The molecule has 1 N–H and O–H groups in total. The number of benzene rings is 1. The second kappa shape index (κ2) is 8.12. The molecule has 1 atom stereocenters. The molecule has 3 rings (SSSR count). The minimum Gasteiger partial charge on any atom is -0.454 e. The summed E-state index contributed by atoms with van der Waals surface area (Å²) in [6, 6.07) is 7.59. The molecular weight excluding hydrogens is 312 g/mol. The van der Waals surface area contributed by atoms with Crippen LogP contribution in [0.15, 0.2) is 24.3 Å². The zero-order valence-electron chi connectivity index (χ0n) is 13.5. The summed E-state index contributed by atoms with van der Waals surface area (Å²) in [5.74, 6) is -0.828. The van der Waals surface area contributed by atoms with E-state index >= 15 is 0 Å². The molecule has 0 radical (unpaired) electrons. The van der Waals surface area contributed by atoms with Gasteiger partial charge in [-0.15, -0.1) is 0 Å². The van der Waals surface area contributed by atoms with Crippen molar-refractivity contribution < 1.29 is 23.8 Å². The highest BCUT2D eigenvalue weighted by Crippen LogP contribution is 2.19. The van der Waals surface area contributed by atoms with Crippen LogP contribution in [0.5, 0.6) is 0 Å². The molecule has 2 aliphatic rings. The van der Waals surface area contributed by atoms with Gasteiger partial charge in [0.25, 0.3) is 5.91 Å². The summed E-state index contributed by atoms with van der Waals surface area (Å²) < 4.78 is 15.5. The van der Waals surface area contributed by atoms with Crippen LogP contribution < -0.4 is 10.2 Å². The van der Waals surface area contributed by atoms with Gasteiger partial charge in [0.2, 0.25) is 0 Å². The molecule has 0 unspecified atom stereocenters. The first-order chi connectivity index (χ1) is 11.7. The van der Waals surface area contributed by atoms with Crippen LogP contribution in [-0.2, 0) is 23.8 Å². The van der Waals surface area contributed by atoms with Crippen molar-refractivity contribution in [2.45, 2.75) is 18.9 Å². The molecule has 0 saturated carbocycles. The van der Waals surface area contributed by atoms with Crippen molar-refractivity contribution in [3.8, 4) is 0 Å². The van der Waals surface area contributed by atoms with E-state index in [1.165, 1.54) is 0 Å². The first kappa shape index (κ1) is 16.7. The van der Waals surface area contributed by atoms with Crippen molar-refractivity contribution in [3.05, 3.63) is 24.3 Å². The summed E-state index contributed by atoms with van der Waals surface area (Å²) in [7, 11) is 0. The second-order valence-electron chi connectivity index (χ2n) is 5.80. The van der Waals surface area contributed by atoms with Crippen molar-refractivity contribution in [1.29, 1.82) is 0 Å². The Morgan fingerprint density at radius 3 is 2.58 bits per heavy atom. The van der Waals surface area contributed by atoms with Gasteiger partial charge in [0.1, 0.15) is 0 Å². The van der Waals surface area contributed by atoms with E-state index in [0.29, 0.717) is 18.7 Å². The minimum atomic E-state index is -0.523. The third-order valence-corrected chi connectivity index (χ3v) is 4.07. The molecule has 0 aromatic heterocycles. The Hall–Kier alpha value is -2.12. The summed E-state index contributed by atoms with van der Waals surface area (Å²) in [5.41, 5.74) is 1.77. The monoisotopic (exact) mass is 334 g/mol. The maximum atomic E-state index is 11.9. The molecule has 1 aromatic carbocycles. The van der Waals surface area contributed by atoms with E-state index in [0.717, 1.165) is 38.4 Å². The lowest BCUT2D eigenvalue weighted by molar-refractivity contribution is -0.156. The van der Waals surface area contributed by atoms with Gasteiger partial charge in [-0.05, 0) is 37.1 Å². The quantitative estimate of drug-likeness (QED) is 0.815. The molecule has 0 spiro atoms. The lowest BCUT2D eigenvalue weighted by atomic mass is 10.2. The van der Waals surface area contributed by atoms with E-state index < -0.39 is 12.1 Å². The van der Waals surface area contributed by atoms with Crippen molar-refractivity contribution in [3.63, 3.8) is 0 Å². The van der Waals surface area contributed by atoms with Gasteiger partial charge >= 0.3 is 5.97 Å². The third kappa shape index (κ3) is 4.46. The summed E-state index contributed by atoms with van der Waals surface area (Å²) in [4.78, 5) is 25.8. The standard InChI is InChI=1S/C17H22N2O5/c20-16(12-24-17(21)15-2-1-9-23-15)18-13-3-5-14(6-4-13)19-7-10-22-11-8-19/h3-6,15H,1-2,7-12H2,(H,18,20)/t15-/m0/s1. The maximum absolute atomic E-state index is 11.9. The van der Waals surface area contributed by atoms with Gasteiger partial charge < -0.3 is 24.4 Å². The minimum absolute atomic E-state index is 0.302. The van der Waals surface area contributed by atoms with Crippen molar-refractivity contribution in [2.75, 3.05) is 49.7 Å². The molecule has 2 saturated heterocycles. The fraction of sp³-hybridized carbons (Fsp3) is 0.529. The first-order valence-electron chi connectivity index (χ1n) is 8.23. The maximum Gasteiger partial charge on any atom is 0.335 e. The average Bonchev–Trinajstić information content (AvgIpc) is 3.16. The Kier molecular flexibility index (Phi) is 5.66. The third-order valence-electron chi connectivity index (χ3n) is 4.07. The lowest BCUT2D eigenvalue weighted by Gasteiger charge is -2.28. The number of nitrogens with zero attached hydrogens (tertiary/aromatic N) is 1. The largest absolute Gasteiger partial charge is 0.454 e. The van der Waals surface area contributed by atoms with Crippen molar-refractivity contribution in [2.24, 2.45) is 0 Å². The zero-order valence-corrected chi connectivity index (χ0v) is 13.5. The average molecular weight is 334 g/mol. The summed E-state index contributed by atoms with van der Waals surface area (Å²) in [5, 5.41) is 2.72. The number of esters is 1. The number of hydrogen-bond donors (Lipinski definition) is 1. The van der Waals surface area contributed by atoms with Crippen LogP contribution >= 0.6 is 0 Å². The molecule has 2 fully saturated rings. The van der Waals surface area contributed by atoms with Crippen LogP contribution in [0.1, 0.15) is 12.8 Å². The molecule has 7 heteroatoms. The Morgan fingerprint density at radius 1 is 1.17 bits per heavy atom. The highest BCUT2D eigenvalue weighted by molar-refractivity contribution is 5.93. The number of hydrogen-bond acceptors (Lipinski definition) is 6. The fourth-order valence-corrected chi connectivity index (χ4v) is 2.77. The van der Waals surface area contributed by atoms with Gasteiger partial charge in [-0.2, -0.15) is 0 Å². The predicted molar refractivity (Wildman–Crippen MR) is 88.0 cm³/mol. The molecule has 2 aliphatic heterocycles. The van der Waals surface area contributed by atoms with Crippen LogP contribution in [0.25, 0.3) is 0 Å². The van der Waals surface area contributed by atoms with Crippen LogP contribution in [0.3, 0.4) is 0 Å². The number of carbonyl (C=O) groups is 2. The molecule has 7 nitrogen and oxygen atoms in total. The number of ether oxygens (including phenoxy) is 3. The lowest BCUT2D eigenvalue weighted by Crippen LogP contribution is -2.36. The van der Waals surface area contributed by atoms with E-state index in [9.17, 15) is 9.59 Å². The van der Waals surface area contributed by atoms with Crippen LogP contribution in [-0.4, -0.2) is 57.5 Å². The smallest absolute Gasteiger partial charge is 0.335 e. The Bertz CT molecular complexity index is 563. The van der Waals surface area contributed by atoms with Crippen LogP contribution in [0.2, 0.25) is 0 Å². The second-order valence-corrected chi connectivity index (χ2v) is 5.80. The number of amides is 1. The normalized spacial score (nSPS) is 20.7. The van der Waals surface area contributed by atoms with Gasteiger partial charge in [0, 0.05) is 31.1 Å². The van der Waals surface area contributed by atoms with Gasteiger partial charge in [0.05, 0.1) is 13.2 Å². The number of anilines is 2. The fourth-order valence-electron chi connectivity index (χ4n) is 2.77. The number of rotatable bonds is 5. The summed E-state index contributed by atoms with van der Waals surface area (Å²) >= 11 is 0. The molecule has 1 aromatic rings. The summed E-state index contributed by atoms with van der Waals surface area (Å²) in [6.45, 7) is 3.46. The van der Waals surface area contributed by atoms with Crippen molar-refractivity contribution >= 4 is 23.3 Å². The van der Waals surface area contributed by atoms with Crippen molar-refractivity contribution in [1.82, 2.24) is 0 Å². The van der Waals surface area contributed by atoms with Gasteiger partial charge in [-0.3, -0.25) is 4.79 Å². The number of carbonyl (C=O) groups excluding carboxylic acids is 2. The molecule has 130 valence electrons. The Balaban J connectivity index is 1.44. The predicted octanol–water partition coefficient (Wildman–Crippen LogP) is 1.18. The van der Waals surface area contributed by atoms with Gasteiger partial charge in [-0.25, -0.2) is 4.79 Å². The molecule has 1 amide bonds. The van der Waals surface area contributed by atoms with Crippen LogP contribution in [0.4, 0.5) is 11.4 Å². The van der Waals surface area contributed by atoms with Gasteiger partial charge in [-0.1, -0.05) is 0 Å². The SMILES string of the molecule is O=C(COC(=O)[C@@H]1CCCO1)Nc1ccc(N2CCOCC2)cc1. The van der Waals surface area contributed by atoms with Gasteiger partial charge in [0.15, 0.2) is 12.7 Å². The highest BCUT2D eigenvalue weighted by Gasteiger charge is 2.25. The van der Waals surface area contributed by atoms with E-state index in [1.807, 2.05) is 24.3 Å². The Labute approximate surface area is 140 Å². The molecule has 0 aliphatic carbocycles. The molecule has 24 heavy (non-hydrogen) atoms. The summed E-state index contributed by atoms with van der Waals surface area (Å²) in [6.07, 6.45) is 0.982. The van der Waals surface area contributed by atoms with E-state index in [2.05, 4.69) is 10.2 Å². The molecule has 2 heterocycles. The Morgan fingerprint density at radius 2 is 1.92 bits per heavy atom. The first-order valence-corrected chi connectivity index (χ1v) is 8.23. The highest BCUT2D eigenvalue weighted by atomic mass is 16.6. The molecular formula is C17H22N2O5. The number of morpholine rings is 1. The number of nitrogens with one attached hydrogen (secondary N) is 1. The molecule has 0 bridgehead atoms. The zero-order chi connectivity index (χ0) is 16.8. The topological polar surface area (TPSA) is 77.1 Å².